The molecule has 0 atom stereocenters. The number of amides is 2. The first-order valence-corrected chi connectivity index (χ1v) is 6.41. The minimum atomic E-state index is -0.286. The molecule has 1 aliphatic heterocycles. The van der Waals surface area contributed by atoms with Crippen LogP contribution in [0.15, 0.2) is 53.2 Å². The molecule has 1 aliphatic rings. The van der Waals surface area contributed by atoms with Crippen molar-refractivity contribution in [2.24, 2.45) is 0 Å². The van der Waals surface area contributed by atoms with Gasteiger partial charge in [0, 0.05) is 18.0 Å². The van der Waals surface area contributed by atoms with Gasteiger partial charge in [0.1, 0.15) is 5.58 Å². The van der Waals surface area contributed by atoms with Crippen LogP contribution in [-0.2, 0) is 9.59 Å². The molecule has 0 aliphatic carbocycles. The number of fused-ring (bicyclic) bond motifs is 1. The average Bonchev–Trinajstić information content (AvgIpc) is 2.92. The van der Waals surface area contributed by atoms with Crippen LogP contribution in [0, 0.1) is 0 Å². The van der Waals surface area contributed by atoms with Crippen molar-refractivity contribution in [2.45, 2.75) is 6.42 Å². The van der Waals surface area contributed by atoms with Crippen LogP contribution in [0.4, 0.5) is 0 Å². The molecule has 4 heteroatoms. The van der Waals surface area contributed by atoms with Gasteiger partial charge in [0.25, 0.3) is 11.8 Å². The summed E-state index contributed by atoms with van der Waals surface area (Å²) in [5.41, 5.74) is 1.71. The Kier molecular flexibility index (Phi) is 3.21. The Morgan fingerprint density at radius 1 is 1.30 bits per heavy atom. The van der Waals surface area contributed by atoms with E-state index in [4.69, 9.17) is 4.42 Å². The van der Waals surface area contributed by atoms with Crippen molar-refractivity contribution in [3.8, 4) is 0 Å². The minimum absolute atomic E-state index is 0.254. The van der Waals surface area contributed by atoms with E-state index in [-0.39, 0.29) is 11.8 Å². The largest absolute Gasteiger partial charge is 0.464 e. The van der Waals surface area contributed by atoms with Crippen LogP contribution >= 0.6 is 0 Å². The maximum absolute atomic E-state index is 12.0. The third kappa shape index (κ3) is 2.40. The van der Waals surface area contributed by atoms with Crippen LogP contribution in [0.1, 0.15) is 12.0 Å². The van der Waals surface area contributed by atoms with Crippen LogP contribution in [0.5, 0.6) is 0 Å². The molecule has 2 amide bonds. The number of imide groups is 1. The molecule has 2 heterocycles. The standard InChI is InChI=1S/C16H13NO3/c18-15-3-1-2-9-17(15)16(19)7-5-12-4-6-14-13(11-12)8-10-20-14/h1,3-8,10-11H,2,9H2/b7-5+. The van der Waals surface area contributed by atoms with Crippen LogP contribution in [0.2, 0.25) is 0 Å². The summed E-state index contributed by atoms with van der Waals surface area (Å²) in [5, 5.41) is 0.983. The van der Waals surface area contributed by atoms with Gasteiger partial charge in [-0.1, -0.05) is 12.1 Å². The van der Waals surface area contributed by atoms with Crippen molar-refractivity contribution in [1.29, 1.82) is 0 Å². The molecular weight excluding hydrogens is 254 g/mol. The smallest absolute Gasteiger partial charge is 0.253 e. The molecular formula is C16H13NO3. The van der Waals surface area contributed by atoms with Crippen molar-refractivity contribution in [3.05, 3.63) is 54.3 Å². The second-order valence-corrected chi connectivity index (χ2v) is 4.57. The van der Waals surface area contributed by atoms with Crippen molar-refractivity contribution >= 4 is 28.9 Å². The second-order valence-electron chi connectivity index (χ2n) is 4.57. The molecule has 0 radical (unpaired) electrons. The van der Waals surface area contributed by atoms with Crippen molar-refractivity contribution in [3.63, 3.8) is 0 Å². The highest BCUT2D eigenvalue weighted by Gasteiger charge is 2.18. The zero-order valence-electron chi connectivity index (χ0n) is 10.8. The Bertz CT molecular complexity index is 724. The summed E-state index contributed by atoms with van der Waals surface area (Å²) in [6.45, 7) is 0.444. The van der Waals surface area contributed by atoms with E-state index in [9.17, 15) is 9.59 Å². The zero-order valence-corrected chi connectivity index (χ0v) is 10.8. The van der Waals surface area contributed by atoms with Gasteiger partial charge in [0.05, 0.1) is 6.26 Å². The van der Waals surface area contributed by atoms with E-state index in [0.29, 0.717) is 13.0 Å². The number of hydrogen-bond acceptors (Lipinski definition) is 3. The fourth-order valence-electron chi connectivity index (χ4n) is 2.15. The van der Waals surface area contributed by atoms with Crippen molar-refractivity contribution in [1.82, 2.24) is 4.90 Å². The van der Waals surface area contributed by atoms with Gasteiger partial charge in [0.2, 0.25) is 0 Å². The zero-order chi connectivity index (χ0) is 13.9. The van der Waals surface area contributed by atoms with Crippen LogP contribution in [0.25, 0.3) is 17.0 Å². The normalized spacial score (nSPS) is 15.4. The molecule has 0 N–H and O–H groups in total. The quantitative estimate of drug-likeness (QED) is 0.786. The highest BCUT2D eigenvalue weighted by atomic mass is 16.3. The van der Waals surface area contributed by atoms with E-state index in [2.05, 4.69) is 0 Å². The number of carbonyl (C=O) groups is 2. The average molecular weight is 267 g/mol. The highest BCUT2D eigenvalue weighted by molar-refractivity contribution is 6.07. The molecule has 0 unspecified atom stereocenters. The summed E-state index contributed by atoms with van der Waals surface area (Å²) in [6, 6.07) is 7.52. The van der Waals surface area contributed by atoms with E-state index in [0.717, 1.165) is 16.5 Å². The number of furan rings is 1. The molecule has 1 aromatic heterocycles. The lowest BCUT2D eigenvalue weighted by Gasteiger charge is -2.19. The molecule has 0 saturated heterocycles. The number of nitrogens with zero attached hydrogens (tertiary/aromatic N) is 1. The Balaban J connectivity index is 1.77. The molecule has 2 aromatic rings. The molecule has 0 saturated carbocycles. The second kappa shape index (κ2) is 5.17. The molecule has 3 rings (SSSR count). The van der Waals surface area contributed by atoms with Gasteiger partial charge in [-0.15, -0.1) is 0 Å². The molecule has 100 valence electrons. The Morgan fingerprint density at radius 3 is 3.05 bits per heavy atom. The van der Waals surface area contributed by atoms with Gasteiger partial charge < -0.3 is 4.42 Å². The van der Waals surface area contributed by atoms with Crippen molar-refractivity contribution < 1.29 is 14.0 Å². The number of rotatable bonds is 2. The van der Waals surface area contributed by atoms with Gasteiger partial charge >= 0.3 is 0 Å². The number of carbonyl (C=O) groups excluding carboxylic acids is 2. The Hall–Kier alpha value is -2.62. The first-order valence-electron chi connectivity index (χ1n) is 6.41. The third-order valence-electron chi connectivity index (χ3n) is 3.21. The Morgan fingerprint density at radius 2 is 2.20 bits per heavy atom. The molecule has 0 fully saturated rings. The van der Waals surface area contributed by atoms with Crippen LogP contribution < -0.4 is 0 Å². The van der Waals surface area contributed by atoms with Gasteiger partial charge in [-0.05, 0) is 42.3 Å². The molecule has 0 spiro atoms. The van der Waals surface area contributed by atoms with E-state index >= 15 is 0 Å². The van der Waals surface area contributed by atoms with Crippen LogP contribution in [-0.4, -0.2) is 23.3 Å². The van der Waals surface area contributed by atoms with E-state index < -0.39 is 0 Å². The minimum Gasteiger partial charge on any atom is -0.464 e. The monoisotopic (exact) mass is 267 g/mol. The van der Waals surface area contributed by atoms with Crippen LogP contribution in [0.3, 0.4) is 0 Å². The molecule has 0 bridgehead atoms. The van der Waals surface area contributed by atoms with Crippen molar-refractivity contribution in [2.75, 3.05) is 6.54 Å². The fraction of sp³-hybridized carbons (Fsp3) is 0.125. The van der Waals surface area contributed by atoms with E-state index in [1.54, 1.807) is 18.4 Å². The van der Waals surface area contributed by atoms with Gasteiger partial charge in [0.15, 0.2) is 0 Å². The third-order valence-corrected chi connectivity index (χ3v) is 3.21. The molecule has 1 aromatic carbocycles. The Labute approximate surface area is 116 Å². The number of benzene rings is 1. The van der Waals surface area contributed by atoms with E-state index in [1.165, 1.54) is 17.1 Å². The lowest BCUT2D eigenvalue weighted by molar-refractivity contribution is -0.139. The predicted molar refractivity (Wildman–Crippen MR) is 75.7 cm³/mol. The lowest BCUT2D eigenvalue weighted by atomic mass is 10.1. The topological polar surface area (TPSA) is 50.5 Å². The first-order chi connectivity index (χ1) is 9.74. The SMILES string of the molecule is O=C1C=CCCN1C(=O)/C=C/c1ccc2occc2c1. The highest BCUT2D eigenvalue weighted by Crippen LogP contribution is 2.17. The summed E-state index contributed by atoms with van der Waals surface area (Å²) in [6.07, 6.45) is 8.70. The summed E-state index contributed by atoms with van der Waals surface area (Å²) < 4.78 is 5.26. The maximum atomic E-state index is 12.0. The molecule has 4 nitrogen and oxygen atoms in total. The number of hydrogen-bond donors (Lipinski definition) is 0. The summed E-state index contributed by atoms with van der Waals surface area (Å²) in [7, 11) is 0. The first kappa shape index (κ1) is 12.4. The fourth-order valence-corrected chi connectivity index (χ4v) is 2.15. The van der Waals surface area contributed by atoms with E-state index in [1.807, 2.05) is 24.3 Å². The van der Waals surface area contributed by atoms with Gasteiger partial charge in [-0.25, -0.2) is 0 Å². The lowest BCUT2D eigenvalue weighted by Crippen LogP contribution is -2.37. The van der Waals surface area contributed by atoms with Gasteiger partial charge in [-0.2, -0.15) is 0 Å². The van der Waals surface area contributed by atoms with Gasteiger partial charge in [-0.3, -0.25) is 14.5 Å². The summed E-state index contributed by atoms with van der Waals surface area (Å²) >= 11 is 0. The summed E-state index contributed by atoms with van der Waals surface area (Å²) in [4.78, 5) is 24.8. The molecule has 20 heavy (non-hydrogen) atoms. The predicted octanol–water partition coefficient (Wildman–Crippen LogP) is 2.76. The maximum Gasteiger partial charge on any atom is 0.253 e. The summed E-state index contributed by atoms with van der Waals surface area (Å²) in [5.74, 6) is -0.539.